The van der Waals surface area contributed by atoms with Crippen molar-refractivity contribution < 1.29 is 41.7 Å². The molecule has 0 bridgehead atoms. The number of benzene rings is 1. The van der Waals surface area contributed by atoms with Crippen molar-refractivity contribution >= 4 is 33.0 Å². The Morgan fingerprint density at radius 2 is 1.92 bits per heavy atom. The number of rotatable bonds is 5. The molecule has 0 saturated carbocycles. The van der Waals surface area contributed by atoms with Crippen molar-refractivity contribution in [2.45, 2.75) is 24.5 Å². The zero-order valence-corrected chi connectivity index (χ0v) is 19.7. The molecule has 1 fully saturated rings. The number of nitrogen functional groups attached to an aromatic ring is 1. The summed E-state index contributed by atoms with van der Waals surface area (Å²) in [4.78, 5) is 19.6. The summed E-state index contributed by atoms with van der Waals surface area (Å²) in [5.41, 5.74) is 5.21. The van der Waals surface area contributed by atoms with E-state index in [1.54, 1.807) is 0 Å². The van der Waals surface area contributed by atoms with E-state index in [4.69, 9.17) is 15.6 Å². The smallest absolute Gasteiger partial charge is 0.338 e. The lowest BCUT2D eigenvalue weighted by Crippen LogP contribution is -2.42. The van der Waals surface area contributed by atoms with Crippen LogP contribution < -0.4 is 15.6 Å². The maximum Gasteiger partial charge on any atom is 0.338 e. The molecule has 0 aliphatic carbocycles. The SMILES string of the molecule is COC(=O)c1cc(F)c(C#Cc2cn([C@@H]3O[C@H](CNS(N)(=O)=O)[C@@H](O)[C@H]3O)c3ncnc(N)c23)c(F)c1. The second kappa shape index (κ2) is 9.97. The van der Waals surface area contributed by atoms with Gasteiger partial charge in [-0.3, -0.25) is 0 Å². The van der Waals surface area contributed by atoms with Crippen molar-refractivity contribution in [3.8, 4) is 11.8 Å². The van der Waals surface area contributed by atoms with Gasteiger partial charge in [-0.2, -0.15) is 13.1 Å². The second-order valence-electron chi connectivity index (χ2n) is 7.90. The van der Waals surface area contributed by atoms with E-state index in [2.05, 4.69) is 26.5 Å². The van der Waals surface area contributed by atoms with Gasteiger partial charge in [-0.05, 0) is 12.1 Å². The molecule has 3 aromatic rings. The second-order valence-corrected chi connectivity index (χ2v) is 9.28. The van der Waals surface area contributed by atoms with Crippen LogP contribution in [0.2, 0.25) is 0 Å². The number of hydrogen-bond acceptors (Lipinski definition) is 10. The molecule has 7 N–H and O–H groups in total. The van der Waals surface area contributed by atoms with Crippen LogP contribution in [-0.4, -0.2) is 71.1 Å². The summed E-state index contributed by atoms with van der Waals surface area (Å²) in [7, 11) is -3.03. The summed E-state index contributed by atoms with van der Waals surface area (Å²) in [6.45, 7) is -0.434. The van der Waals surface area contributed by atoms with Gasteiger partial charge in [-0.25, -0.2) is 28.7 Å². The van der Waals surface area contributed by atoms with Crippen LogP contribution in [0.1, 0.15) is 27.7 Å². The van der Waals surface area contributed by atoms with Crippen LogP contribution in [0.5, 0.6) is 0 Å². The Kier molecular flexibility index (Phi) is 7.10. The van der Waals surface area contributed by atoms with Crippen molar-refractivity contribution in [3.63, 3.8) is 0 Å². The molecule has 1 saturated heterocycles. The van der Waals surface area contributed by atoms with E-state index in [0.717, 1.165) is 25.6 Å². The standard InChI is InChI=1S/C21H20F2N6O7S/c1-35-21(32)10-4-12(22)11(13(23)5-10)3-2-9-7-29(19-15(9)18(24)26-8-27-19)20-17(31)16(30)14(36-20)6-28-37(25,33)34/h4-5,7-8,14,16-17,20,28,30-31H,6H2,1H3,(H2,24,26,27)(H2,25,33,34)/t14-,16-,17-,20-/m1/s1. The number of nitrogens with two attached hydrogens (primary N) is 2. The number of aliphatic hydroxyl groups is 2. The first-order valence-corrected chi connectivity index (χ1v) is 11.9. The summed E-state index contributed by atoms with van der Waals surface area (Å²) < 4.78 is 64.7. The van der Waals surface area contributed by atoms with Crippen molar-refractivity contribution in [1.29, 1.82) is 0 Å². The lowest BCUT2D eigenvalue weighted by Gasteiger charge is -2.17. The quantitative estimate of drug-likeness (QED) is 0.196. The molecule has 0 spiro atoms. The van der Waals surface area contributed by atoms with E-state index >= 15 is 0 Å². The highest BCUT2D eigenvalue weighted by atomic mass is 32.2. The first kappa shape index (κ1) is 26.3. The number of methoxy groups -OCH3 is 1. The third kappa shape index (κ3) is 5.22. The van der Waals surface area contributed by atoms with E-state index in [1.807, 2.05) is 4.72 Å². The normalized spacial score (nSPS) is 21.6. The van der Waals surface area contributed by atoms with Gasteiger partial charge in [0.15, 0.2) is 6.23 Å². The molecule has 13 nitrogen and oxygen atoms in total. The van der Waals surface area contributed by atoms with E-state index in [0.29, 0.717) is 0 Å². The van der Waals surface area contributed by atoms with Crippen LogP contribution in [0, 0.1) is 23.5 Å². The molecule has 0 amide bonds. The Hall–Kier alpha value is -3.72. The Morgan fingerprint density at radius 1 is 1.24 bits per heavy atom. The molecule has 4 rings (SSSR count). The van der Waals surface area contributed by atoms with E-state index in [-0.39, 0.29) is 28.0 Å². The molecular weight excluding hydrogens is 518 g/mol. The molecule has 4 atom stereocenters. The number of nitrogens with zero attached hydrogens (tertiary/aromatic N) is 3. The Bertz CT molecular complexity index is 1530. The van der Waals surface area contributed by atoms with Gasteiger partial charge in [0.1, 0.15) is 47.7 Å². The Labute approximate surface area is 208 Å². The molecule has 37 heavy (non-hydrogen) atoms. The summed E-state index contributed by atoms with van der Waals surface area (Å²) >= 11 is 0. The highest BCUT2D eigenvalue weighted by Crippen LogP contribution is 2.34. The number of aliphatic hydroxyl groups excluding tert-OH is 2. The van der Waals surface area contributed by atoms with Crippen LogP contribution in [0.25, 0.3) is 11.0 Å². The number of fused-ring (bicyclic) bond motifs is 1. The van der Waals surface area contributed by atoms with Gasteiger partial charge in [0, 0.05) is 12.7 Å². The lowest BCUT2D eigenvalue weighted by atomic mass is 10.1. The van der Waals surface area contributed by atoms with Gasteiger partial charge in [0.25, 0.3) is 10.2 Å². The maximum absolute atomic E-state index is 14.5. The summed E-state index contributed by atoms with van der Waals surface area (Å²) in [5.74, 6) is 1.74. The first-order valence-electron chi connectivity index (χ1n) is 10.4. The van der Waals surface area contributed by atoms with Gasteiger partial charge in [-0.1, -0.05) is 11.8 Å². The topological polar surface area (TPSA) is 205 Å². The zero-order chi connectivity index (χ0) is 27.1. The number of hydrogen-bond donors (Lipinski definition) is 5. The molecule has 196 valence electrons. The molecule has 0 unspecified atom stereocenters. The number of nitrogens with one attached hydrogen (secondary N) is 1. The maximum atomic E-state index is 14.5. The largest absolute Gasteiger partial charge is 0.465 e. The first-order chi connectivity index (χ1) is 17.4. The molecule has 1 aromatic carbocycles. The predicted molar refractivity (Wildman–Crippen MR) is 123 cm³/mol. The summed E-state index contributed by atoms with van der Waals surface area (Å²) in [6.07, 6.45) is -3.07. The highest BCUT2D eigenvalue weighted by molar-refractivity contribution is 7.87. The average Bonchev–Trinajstić information content (AvgIpc) is 3.34. The molecule has 1 aliphatic heterocycles. The van der Waals surface area contributed by atoms with Gasteiger partial charge in [0.2, 0.25) is 0 Å². The Balaban J connectivity index is 1.74. The third-order valence-corrected chi connectivity index (χ3v) is 6.09. The van der Waals surface area contributed by atoms with Crippen molar-refractivity contribution in [1.82, 2.24) is 19.3 Å². The highest BCUT2D eigenvalue weighted by Gasteiger charge is 2.44. The van der Waals surface area contributed by atoms with E-state index < -0.39 is 64.5 Å². The van der Waals surface area contributed by atoms with Gasteiger partial charge in [-0.15, -0.1) is 0 Å². The minimum atomic E-state index is -4.09. The molecule has 3 heterocycles. The van der Waals surface area contributed by atoms with Gasteiger partial charge < -0.3 is 30.0 Å². The summed E-state index contributed by atoms with van der Waals surface area (Å²) in [6, 6.07) is 1.55. The fraction of sp³-hybridized carbons (Fsp3) is 0.286. The van der Waals surface area contributed by atoms with E-state index in [1.165, 1.54) is 10.8 Å². The fourth-order valence-electron chi connectivity index (χ4n) is 3.78. The minimum absolute atomic E-state index is 0.0458. The van der Waals surface area contributed by atoms with Crippen LogP contribution in [0.4, 0.5) is 14.6 Å². The molecular formula is C21H20F2N6O7S. The van der Waals surface area contributed by atoms with Crippen molar-refractivity contribution in [2.24, 2.45) is 5.14 Å². The average molecular weight is 538 g/mol. The van der Waals surface area contributed by atoms with Gasteiger partial charge in [0.05, 0.1) is 29.2 Å². The monoisotopic (exact) mass is 538 g/mol. The molecule has 16 heteroatoms. The van der Waals surface area contributed by atoms with E-state index in [9.17, 15) is 32.2 Å². The van der Waals surface area contributed by atoms with Gasteiger partial charge >= 0.3 is 5.97 Å². The number of esters is 1. The Morgan fingerprint density at radius 3 is 2.54 bits per heavy atom. The number of halogens is 2. The van der Waals surface area contributed by atoms with Crippen LogP contribution in [0.15, 0.2) is 24.7 Å². The number of carbonyl (C=O) groups excluding carboxylic acids is 1. The zero-order valence-electron chi connectivity index (χ0n) is 18.9. The van der Waals surface area contributed by atoms with Crippen LogP contribution >= 0.6 is 0 Å². The molecule has 0 radical (unpaired) electrons. The lowest BCUT2D eigenvalue weighted by molar-refractivity contribution is -0.0327. The molecule has 1 aliphatic rings. The van der Waals surface area contributed by atoms with Crippen molar-refractivity contribution in [3.05, 3.63) is 53.0 Å². The summed E-state index contributed by atoms with van der Waals surface area (Å²) in [5, 5.41) is 26.0. The molecule has 2 aromatic heterocycles. The number of anilines is 1. The fourth-order valence-corrected chi connectivity index (χ4v) is 4.18. The van der Waals surface area contributed by atoms with Crippen molar-refractivity contribution in [2.75, 3.05) is 19.4 Å². The van der Waals surface area contributed by atoms with Crippen LogP contribution in [0.3, 0.4) is 0 Å². The number of aromatic nitrogens is 3. The number of carbonyl (C=O) groups is 1. The number of ether oxygens (including phenoxy) is 2. The minimum Gasteiger partial charge on any atom is -0.465 e. The third-order valence-electron chi connectivity index (χ3n) is 5.52. The predicted octanol–water partition coefficient (Wildman–Crippen LogP) is -1.11. The van der Waals surface area contributed by atoms with Crippen LogP contribution in [-0.2, 0) is 19.7 Å².